The van der Waals surface area contributed by atoms with Gasteiger partial charge in [-0.3, -0.25) is 0 Å². The molecule has 0 aliphatic heterocycles. The highest BCUT2D eigenvalue weighted by atomic mass is 16.3. The van der Waals surface area contributed by atoms with E-state index in [1.807, 2.05) is 12.1 Å². The summed E-state index contributed by atoms with van der Waals surface area (Å²) >= 11 is 0. The Labute approximate surface area is 91.1 Å². The smallest absolute Gasteiger partial charge is 0.115 e. The van der Waals surface area contributed by atoms with Crippen molar-refractivity contribution >= 4 is 0 Å². The van der Waals surface area contributed by atoms with E-state index in [0.717, 1.165) is 17.8 Å². The minimum Gasteiger partial charge on any atom is -0.508 e. The highest BCUT2D eigenvalue weighted by Gasteiger charge is 2.40. The van der Waals surface area contributed by atoms with Crippen molar-refractivity contribution in [3.05, 3.63) is 29.3 Å². The van der Waals surface area contributed by atoms with E-state index in [4.69, 9.17) is 0 Å². The van der Waals surface area contributed by atoms with Crippen LogP contribution in [0.1, 0.15) is 42.7 Å². The lowest BCUT2D eigenvalue weighted by Gasteiger charge is -2.23. The summed E-state index contributed by atoms with van der Waals surface area (Å²) in [5.74, 6) is 3.11. The van der Waals surface area contributed by atoms with Crippen LogP contribution in [0.2, 0.25) is 0 Å². The zero-order valence-electron chi connectivity index (χ0n) is 9.24. The Morgan fingerprint density at radius 1 is 1.20 bits per heavy atom. The standard InChI is InChI=1S/C14H18O/c1-9-6-12(15)4-5-13(9)14-8-10-2-3-11(14)7-10/h4-6,10-11,14-15H,2-3,7-8H2,1H3/t10-,11+,14+/m1/s1. The van der Waals surface area contributed by atoms with Crippen molar-refractivity contribution in [2.45, 2.75) is 38.5 Å². The van der Waals surface area contributed by atoms with Crippen LogP contribution in [0.5, 0.6) is 5.75 Å². The molecule has 1 aromatic carbocycles. The van der Waals surface area contributed by atoms with E-state index in [0.29, 0.717) is 5.75 Å². The molecule has 0 unspecified atom stereocenters. The van der Waals surface area contributed by atoms with Gasteiger partial charge in [-0.15, -0.1) is 0 Å². The average Bonchev–Trinajstić information content (AvgIpc) is 2.78. The Kier molecular flexibility index (Phi) is 2.01. The van der Waals surface area contributed by atoms with Crippen molar-refractivity contribution in [3.8, 4) is 5.75 Å². The molecular formula is C14H18O. The summed E-state index contributed by atoms with van der Waals surface area (Å²) in [4.78, 5) is 0. The van der Waals surface area contributed by atoms with E-state index in [-0.39, 0.29) is 0 Å². The van der Waals surface area contributed by atoms with Crippen LogP contribution >= 0.6 is 0 Å². The molecule has 1 aromatic rings. The Morgan fingerprint density at radius 3 is 2.67 bits per heavy atom. The maximum Gasteiger partial charge on any atom is 0.115 e. The zero-order valence-corrected chi connectivity index (χ0v) is 9.24. The molecule has 1 N–H and O–H groups in total. The van der Waals surface area contributed by atoms with Crippen molar-refractivity contribution in [1.29, 1.82) is 0 Å². The number of aromatic hydroxyl groups is 1. The fourth-order valence-electron chi connectivity index (χ4n) is 3.70. The van der Waals surface area contributed by atoms with Gasteiger partial charge in [-0.05, 0) is 67.2 Å². The molecule has 0 radical (unpaired) electrons. The molecule has 2 fully saturated rings. The summed E-state index contributed by atoms with van der Waals surface area (Å²) in [6.07, 6.45) is 5.72. The topological polar surface area (TPSA) is 20.2 Å². The first-order chi connectivity index (χ1) is 7.24. The highest BCUT2D eigenvalue weighted by molar-refractivity contribution is 5.37. The van der Waals surface area contributed by atoms with Crippen LogP contribution in [0.15, 0.2) is 18.2 Å². The van der Waals surface area contributed by atoms with Crippen molar-refractivity contribution in [3.63, 3.8) is 0 Å². The number of phenols is 1. The van der Waals surface area contributed by atoms with Gasteiger partial charge in [0.05, 0.1) is 0 Å². The summed E-state index contributed by atoms with van der Waals surface area (Å²) in [5, 5.41) is 9.41. The molecule has 0 amide bonds. The molecule has 3 rings (SSSR count). The normalized spacial score (nSPS) is 33.5. The summed E-state index contributed by atoms with van der Waals surface area (Å²) in [7, 11) is 0. The number of hydrogen-bond acceptors (Lipinski definition) is 1. The van der Waals surface area contributed by atoms with Gasteiger partial charge in [-0.25, -0.2) is 0 Å². The van der Waals surface area contributed by atoms with Crippen molar-refractivity contribution in [2.24, 2.45) is 11.8 Å². The largest absolute Gasteiger partial charge is 0.508 e. The maximum absolute atomic E-state index is 9.41. The second-order valence-corrected chi connectivity index (χ2v) is 5.32. The predicted molar refractivity (Wildman–Crippen MR) is 61.0 cm³/mol. The van der Waals surface area contributed by atoms with Crippen LogP contribution in [-0.4, -0.2) is 5.11 Å². The number of phenolic OH excluding ortho intramolecular Hbond substituents is 1. The number of hydrogen-bond donors (Lipinski definition) is 1. The molecule has 2 saturated carbocycles. The Bertz CT molecular complexity index is 383. The summed E-state index contributed by atoms with van der Waals surface area (Å²) < 4.78 is 0. The quantitative estimate of drug-likeness (QED) is 0.737. The lowest BCUT2D eigenvalue weighted by Crippen LogP contribution is -2.09. The lowest BCUT2D eigenvalue weighted by atomic mass is 9.82. The first kappa shape index (κ1) is 9.26. The average molecular weight is 202 g/mol. The van der Waals surface area contributed by atoms with Crippen LogP contribution in [0.4, 0.5) is 0 Å². The van der Waals surface area contributed by atoms with E-state index >= 15 is 0 Å². The van der Waals surface area contributed by atoms with Crippen LogP contribution in [0.3, 0.4) is 0 Å². The van der Waals surface area contributed by atoms with Gasteiger partial charge < -0.3 is 5.11 Å². The monoisotopic (exact) mass is 202 g/mol. The van der Waals surface area contributed by atoms with Crippen molar-refractivity contribution in [2.75, 3.05) is 0 Å². The molecule has 15 heavy (non-hydrogen) atoms. The van der Waals surface area contributed by atoms with E-state index in [1.54, 1.807) is 0 Å². The highest BCUT2D eigenvalue weighted by Crippen LogP contribution is 2.53. The SMILES string of the molecule is Cc1cc(O)ccc1[C@H]1C[C@@H]2CC[C@H]1C2. The van der Waals surface area contributed by atoms with Crippen LogP contribution in [0.25, 0.3) is 0 Å². The number of benzene rings is 1. The van der Waals surface area contributed by atoms with Crippen LogP contribution < -0.4 is 0 Å². The Hall–Kier alpha value is -0.980. The molecule has 0 spiro atoms. The minimum absolute atomic E-state index is 0.402. The molecule has 2 bridgehead atoms. The molecule has 0 aromatic heterocycles. The second kappa shape index (κ2) is 3.26. The van der Waals surface area contributed by atoms with Crippen molar-refractivity contribution in [1.82, 2.24) is 0 Å². The van der Waals surface area contributed by atoms with Gasteiger partial charge in [-0.2, -0.15) is 0 Å². The third-order valence-electron chi connectivity index (χ3n) is 4.39. The molecule has 2 aliphatic carbocycles. The minimum atomic E-state index is 0.402. The Morgan fingerprint density at radius 2 is 2.07 bits per heavy atom. The molecule has 0 heterocycles. The summed E-state index contributed by atoms with van der Waals surface area (Å²) in [6.45, 7) is 2.13. The first-order valence-electron chi connectivity index (χ1n) is 6.03. The molecule has 80 valence electrons. The van der Waals surface area contributed by atoms with E-state index in [2.05, 4.69) is 13.0 Å². The first-order valence-corrected chi connectivity index (χ1v) is 6.03. The predicted octanol–water partition coefficient (Wildman–Crippen LogP) is 3.60. The lowest BCUT2D eigenvalue weighted by molar-refractivity contribution is 0.417. The van der Waals surface area contributed by atoms with E-state index in [9.17, 15) is 5.11 Å². The maximum atomic E-state index is 9.41. The van der Waals surface area contributed by atoms with Crippen molar-refractivity contribution < 1.29 is 5.11 Å². The van der Waals surface area contributed by atoms with Gasteiger partial charge in [0.25, 0.3) is 0 Å². The third kappa shape index (κ3) is 1.45. The zero-order chi connectivity index (χ0) is 10.4. The Balaban J connectivity index is 1.93. The van der Waals surface area contributed by atoms with Gasteiger partial charge in [0.15, 0.2) is 0 Å². The number of rotatable bonds is 1. The van der Waals surface area contributed by atoms with Gasteiger partial charge in [-0.1, -0.05) is 12.5 Å². The third-order valence-corrected chi connectivity index (χ3v) is 4.39. The number of fused-ring (bicyclic) bond motifs is 2. The number of aryl methyl sites for hydroxylation is 1. The van der Waals surface area contributed by atoms with Crippen LogP contribution in [-0.2, 0) is 0 Å². The van der Waals surface area contributed by atoms with Gasteiger partial charge in [0, 0.05) is 0 Å². The van der Waals surface area contributed by atoms with Crippen LogP contribution in [0, 0.1) is 18.8 Å². The van der Waals surface area contributed by atoms with E-state index < -0.39 is 0 Å². The molecule has 2 aliphatic rings. The van der Waals surface area contributed by atoms with E-state index in [1.165, 1.54) is 36.8 Å². The second-order valence-electron chi connectivity index (χ2n) is 5.32. The summed E-state index contributed by atoms with van der Waals surface area (Å²) in [6, 6.07) is 5.88. The molecule has 3 atom stereocenters. The molecule has 1 nitrogen and oxygen atoms in total. The molecule has 1 heteroatoms. The summed E-state index contributed by atoms with van der Waals surface area (Å²) in [5.41, 5.74) is 2.76. The van der Waals surface area contributed by atoms with Gasteiger partial charge in [0.2, 0.25) is 0 Å². The van der Waals surface area contributed by atoms with Gasteiger partial charge >= 0.3 is 0 Å². The van der Waals surface area contributed by atoms with Gasteiger partial charge in [0.1, 0.15) is 5.75 Å². The fourth-order valence-corrected chi connectivity index (χ4v) is 3.70. The molecule has 0 saturated heterocycles. The fraction of sp³-hybridized carbons (Fsp3) is 0.571. The molecular weight excluding hydrogens is 184 g/mol.